The molecule has 0 N–H and O–H groups in total. The van der Waals surface area contributed by atoms with Crippen molar-refractivity contribution in [2.45, 2.75) is 64.2 Å². The Morgan fingerprint density at radius 1 is 0.577 bits per heavy atom. The lowest BCUT2D eigenvalue weighted by Crippen LogP contribution is -2.35. The quantitative estimate of drug-likeness (QED) is 0.366. The second kappa shape index (κ2) is 7.24. The van der Waals surface area contributed by atoms with Gasteiger partial charge in [0.2, 0.25) is 0 Å². The first-order valence-corrected chi connectivity index (χ1v) is 11.7. The monoisotopic (exact) mass is 418 g/mol. The summed E-state index contributed by atoms with van der Waals surface area (Å²) in [4.78, 5) is 0. The lowest BCUT2D eigenvalue weighted by molar-refractivity contribution is -0.161. The number of benzene rings is 1. The summed E-state index contributed by atoms with van der Waals surface area (Å²) in [6, 6.07) is 1.53. The summed E-state index contributed by atoms with van der Waals surface area (Å²) in [7, 11) is -2.16. The topological polar surface area (TPSA) is 0 Å². The smallest absolute Gasteiger partial charge is 0.166 e. The zero-order chi connectivity index (χ0) is 20.9. The van der Waals surface area contributed by atoms with Gasteiger partial charge in [-0.3, -0.25) is 0 Å². The first kappa shape index (κ1) is 23.7. The maximum absolute atomic E-state index is 13.4. The molecule has 1 rings (SSSR count). The molecule has 0 fully saturated rings. The molecule has 0 radical (unpaired) electrons. The van der Waals surface area contributed by atoms with Crippen molar-refractivity contribution in [3.8, 4) is 0 Å². The van der Waals surface area contributed by atoms with Crippen molar-refractivity contribution in [1.29, 1.82) is 0 Å². The van der Waals surface area contributed by atoms with Gasteiger partial charge < -0.3 is 0 Å². The average molecular weight is 418 g/mol. The molecule has 0 amide bonds. The van der Waals surface area contributed by atoms with Crippen molar-refractivity contribution in [3.63, 3.8) is 0 Å². The van der Waals surface area contributed by atoms with E-state index < -0.39 is 39.3 Å². The molecule has 1 aromatic rings. The van der Waals surface area contributed by atoms with Crippen LogP contribution >= 0.6 is 15.8 Å². The first-order chi connectivity index (χ1) is 11.3. The average Bonchev–Trinajstić information content (AvgIpc) is 2.40. The molecule has 0 spiro atoms. The Bertz CT molecular complexity index is 591. The number of rotatable bonds is 2. The third kappa shape index (κ3) is 5.35. The van der Waals surface area contributed by atoms with Crippen LogP contribution in [0.4, 0.5) is 26.3 Å². The van der Waals surface area contributed by atoms with E-state index in [9.17, 15) is 26.3 Å². The molecular weight excluding hydrogens is 392 g/mol. The van der Waals surface area contributed by atoms with Crippen LogP contribution in [0.2, 0.25) is 0 Å². The Labute approximate surface area is 154 Å². The Kier molecular flexibility index (Phi) is 6.60. The molecule has 2 atom stereocenters. The molecule has 0 saturated heterocycles. The highest BCUT2D eigenvalue weighted by Crippen LogP contribution is 2.52. The molecule has 0 saturated carbocycles. The summed E-state index contributed by atoms with van der Waals surface area (Å²) >= 11 is 0. The minimum absolute atomic E-state index is 0.319. The van der Waals surface area contributed by atoms with Gasteiger partial charge in [-0.1, -0.05) is 57.4 Å². The largest absolute Gasteiger partial charge is 0.417 e. The van der Waals surface area contributed by atoms with Crippen molar-refractivity contribution in [2.75, 3.05) is 13.3 Å². The van der Waals surface area contributed by atoms with E-state index in [1.54, 1.807) is 0 Å². The third-order valence-electron chi connectivity index (χ3n) is 4.46. The van der Waals surface area contributed by atoms with Crippen LogP contribution in [-0.2, 0) is 12.4 Å². The lowest BCUT2D eigenvalue weighted by Gasteiger charge is -2.36. The van der Waals surface area contributed by atoms with Crippen LogP contribution in [0.3, 0.4) is 0 Å². The van der Waals surface area contributed by atoms with Crippen LogP contribution in [0, 0.1) is 0 Å². The van der Waals surface area contributed by atoms with Gasteiger partial charge in [0, 0.05) is 0 Å². The molecule has 0 aromatic heterocycles. The van der Waals surface area contributed by atoms with Crippen molar-refractivity contribution < 1.29 is 26.3 Å². The molecule has 0 unspecified atom stereocenters. The first-order valence-electron chi connectivity index (χ1n) is 8.08. The molecule has 26 heavy (non-hydrogen) atoms. The van der Waals surface area contributed by atoms with Crippen LogP contribution in [0.5, 0.6) is 0 Å². The van der Waals surface area contributed by atoms with Crippen LogP contribution in [0.25, 0.3) is 0 Å². The SMILES string of the molecule is C[P@](c1cc(C(F)(F)F)c(C(F)(F)F)cc1[P@@](C)C(C)(C)C)C(C)(C)C. The fourth-order valence-electron chi connectivity index (χ4n) is 2.31. The Morgan fingerprint density at radius 2 is 0.808 bits per heavy atom. The van der Waals surface area contributed by atoms with Gasteiger partial charge in [-0.05, 0) is 46.4 Å². The van der Waals surface area contributed by atoms with E-state index >= 15 is 0 Å². The Morgan fingerprint density at radius 3 is 0.962 bits per heavy atom. The van der Waals surface area contributed by atoms with E-state index in [1.165, 1.54) is 0 Å². The maximum atomic E-state index is 13.4. The summed E-state index contributed by atoms with van der Waals surface area (Å²) in [5.74, 6) is 0. The van der Waals surface area contributed by atoms with Crippen LogP contribution in [0.15, 0.2) is 12.1 Å². The highest BCUT2D eigenvalue weighted by molar-refractivity contribution is 7.72. The molecule has 0 aliphatic rings. The van der Waals surface area contributed by atoms with E-state index in [0.29, 0.717) is 10.6 Å². The van der Waals surface area contributed by atoms with E-state index in [0.717, 1.165) is 12.1 Å². The zero-order valence-corrected chi connectivity index (χ0v) is 18.1. The van der Waals surface area contributed by atoms with E-state index in [1.807, 2.05) is 54.9 Å². The molecule has 1 aromatic carbocycles. The minimum Gasteiger partial charge on any atom is -0.166 e. The third-order valence-corrected chi connectivity index (χ3v) is 10.8. The zero-order valence-electron chi connectivity index (χ0n) is 16.3. The number of hydrogen-bond donors (Lipinski definition) is 0. The van der Waals surface area contributed by atoms with Gasteiger partial charge in [0.05, 0.1) is 11.1 Å². The lowest BCUT2D eigenvalue weighted by atomic mass is 10.1. The molecule has 0 heterocycles. The van der Waals surface area contributed by atoms with E-state index in [2.05, 4.69) is 0 Å². The van der Waals surface area contributed by atoms with Crippen LogP contribution < -0.4 is 10.6 Å². The standard InChI is InChI=1S/C18H26F6P2/c1-15(2,3)25(7)13-9-11(17(19,20)21)12(18(22,23)24)10-14(13)26(8)16(4,5)6/h9-10H,1-8H3/t25-,26-/m1/s1. The van der Waals surface area contributed by atoms with Crippen molar-refractivity contribution >= 4 is 26.5 Å². The number of halogens is 6. The summed E-state index contributed by atoms with van der Waals surface area (Å²) in [6.45, 7) is 15.1. The molecule has 8 heteroatoms. The van der Waals surface area contributed by atoms with Crippen molar-refractivity contribution in [3.05, 3.63) is 23.3 Å². The van der Waals surface area contributed by atoms with Crippen molar-refractivity contribution in [1.82, 2.24) is 0 Å². The molecule has 0 bridgehead atoms. The van der Waals surface area contributed by atoms with Crippen molar-refractivity contribution in [2.24, 2.45) is 0 Å². The van der Waals surface area contributed by atoms with Gasteiger partial charge in [0.15, 0.2) is 0 Å². The van der Waals surface area contributed by atoms with Gasteiger partial charge in [-0.2, -0.15) is 26.3 Å². The normalized spacial score (nSPS) is 16.5. The number of alkyl halides is 6. The number of hydrogen-bond acceptors (Lipinski definition) is 0. The molecular formula is C18H26F6P2. The van der Waals surface area contributed by atoms with E-state index in [-0.39, 0.29) is 10.3 Å². The van der Waals surface area contributed by atoms with Crippen LogP contribution in [-0.4, -0.2) is 23.6 Å². The minimum atomic E-state index is -5.05. The highest BCUT2D eigenvalue weighted by atomic mass is 31.1. The van der Waals surface area contributed by atoms with Crippen LogP contribution in [0.1, 0.15) is 52.7 Å². The van der Waals surface area contributed by atoms with Gasteiger partial charge in [-0.25, -0.2) is 0 Å². The fraction of sp³-hybridized carbons (Fsp3) is 0.667. The van der Waals surface area contributed by atoms with Gasteiger partial charge in [0.1, 0.15) is 0 Å². The summed E-state index contributed by atoms with van der Waals surface area (Å²) < 4.78 is 80.4. The predicted molar refractivity (Wildman–Crippen MR) is 101 cm³/mol. The van der Waals surface area contributed by atoms with Gasteiger partial charge in [0.25, 0.3) is 0 Å². The molecule has 0 aliphatic carbocycles. The summed E-state index contributed by atoms with van der Waals surface area (Å²) in [6.07, 6.45) is -10.1. The summed E-state index contributed by atoms with van der Waals surface area (Å²) in [5.41, 5.74) is -3.17. The molecule has 0 aliphatic heterocycles. The second-order valence-electron chi connectivity index (χ2n) is 8.34. The summed E-state index contributed by atoms with van der Waals surface area (Å²) in [5, 5.41) is 0.217. The maximum Gasteiger partial charge on any atom is 0.417 e. The molecule has 150 valence electrons. The Hall–Kier alpha value is -0.340. The fourth-order valence-corrected chi connectivity index (χ4v) is 6.11. The van der Waals surface area contributed by atoms with E-state index in [4.69, 9.17) is 0 Å². The predicted octanol–water partition coefficient (Wildman–Crippen LogP) is 6.80. The highest BCUT2D eigenvalue weighted by Gasteiger charge is 2.45. The van der Waals surface area contributed by atoms with Gasteiger partial charge in [-0.15, -0.1) is 0 Å². The van der Waals surface area contributed by atoms with Gasteiger partial charge >= 0.3 is 12.4 Å². The molecule has 0 nitrogen and oxygen atoms in total. The second-order valence-corrected chi connectivity index (χ2v) is 14.2. The Balaban J connectivity index is 3.92.